The van der Waals surface area contributed by atoms with Gasteiger partial charge in [-0.2, -0.15) is 4.31 Å². The van der Waals surface area contributed by atoms with Crippen LogP contribution in [0.3, 0.4) is 0 Å². The molecule has 9 heteroatoms. The molecule has 2 aromatic carbocycles. The second-order valence-electron chi connectivity index (χ2n) is 8.98. The summed E-state index contributed by atoms with van der Waals surface area (Å²) in [6.07, 6.45) is 4.90. The van der Waals surface area contributed by atoms with Crippen LogP contribution in [0.1, 0.15) is 30.0 Å². The van der Waals surface area contributed by atoms with E-state index in [1.165, 1.54) is 15.4 Å². The van der Waals surface area contributed by atoms with Gasteiger partial charge in [0.1, 0.15) is 0 Å². The maximum atomic E-state index is 13.0. The number of aryl methyl sites for hydroxylation is 1. The fourth-order valence-electron chi connectivity index (χ4n) is 5.04. The first-order valence-electron chi connectivity index (χ1n) is 12.2. The van der Waals surface area contributed by atoms with Crippen LogP contribution < -0.4 is 4.80 Å². The third-order valence-corrected chi connectivity index (χ3v) is 9.59. The first-order chi connectivity index (χ1) is 17.6. The van der Waals surface area contributed by atoms with Crippen molar-refractivity contribution >= 4 is 27.0 Å². The quantitative estimate of drug-likeness (QED) is 0.371. The van der Waals surface area contributed by atoms with Gasteiger partial charge in [0.25, 0.3) is 0 Å². The predicted molar refractivity (Wildman–Crippen MR) is 139 cm³/mol. The SMILES string of the molecule is O=S(=O)(c1ccc(N=c2scc(-c3ccco3)n2C2CCCc3ccccc32)cc1)N1CCOCC1. The van der Waals surface area contributed by atoms with Gasteiger partial charge in [-0.05, 0) is 66.8 Å². The van der Waals surface area contributed by atoms with Gasteiger partial charge in [-0.25, -0.2) is 13.4 Å². The van der Waals surface area contributed by atoms with Gasteiger partial charge in [-0.1, -0.05) is 24.3 Å². The Morgan fingerprint density at radius 3 is 2.56 bits per heavy atom. The Kier molecular flexibility index (Phi) is 6.39. The largest absolute Gasteiger partial charge is 0.463 e. The highest BCUT2D eigenvalue weighted by molar-refractivity contribution is 7.89. The van der Waals surface area contributed by atoms with E-state index >= 15 is 0 Å². The van der Waals surface area contributed by atoms with Crippen molar-refractivity contribution in [2.75, 3.05) is 26.3 Å². The molecule has 186 valence electrons. The molecule has 2 aliphatic rings. The summed E-state index contributed by atoms with van der Waals surface area (Å²) in [5.74, 6) is 0.808. The highest BCUT2D eigenvalue weighted by Crippen LogP contribution is 2.36. The maximum absolute atomic E-state index is 13.0. The van der Waals surface area contributed by atoms with E-state index in [9.17, 15) is 8.42 Å². The zero-order chi connectivity index (χ0) is 24.5. The number of aromatic nitrogens is 1. The van der Waals surface area contributed by atoms with Gasteiger partial charge in [0, 0.05) is 18.5 Å². The summed E-state index contributed by atoms with van der Waals surface area (Å²) < 4.78 is 40.8. The summed E-state index contributed by atoms with van der Waals surface area (Å²) in [4.78, 5) is 6.10. The molecule has 0 radical (unpaired) electrons. The average molecular weight is 522 g/mol. The normalized spacial score (nSPS) is 19.3. The van der Waals surface area contributed by atoms with E-state index in [4.69, 9.17) is 14.1 Å². The van der Waals surface area contributed by atoms with Crippen molar-refractivity contribution in [1.82, 2.24) is 8.87 Å². The van der Waals surface area contributed by atoms with Gasteiger partial charge in [0.05, 0.1) is 41.8 Å². The fraction of sp³-hybridized carbons (Fsp3) is 0.296. The Morgan fingerprint density at radius 2 is 1.78 bits per heavy atom. The van der Waals surface area contributed by atoms with Crippen molar-refractivity contribution < 1.29 is 17.6 Å². The number of sulfonamides is 1. The number of ether oxygens (including phenoxy) is 1. The molecular formula is C27H27N3O4S2. The van der Waals surface area contributed by atoms with Crippen LogP contribution in [0, 0.1) is 0 Å². The van der Waals surface area contributed by atoms with Crippen molar-refractivity contribution in [3.63, 3.8) is 0 Å². The molecule has 1 unspecified atom stereocenters. The molecule has 0 saturated carbocycles. The lowest BCUT2D eigenvalue weighted by atomic mass is 9.87. The first kappa shape index (κ1) is 23.4. The second-order valence-corrected chi connectivity index (χ2v) is 11.8. The Hall–Kier alpha value is -2.98. The summed E-state index contributed by atoms with van der Waals surface area (Å²) in [7, 11) is -3.54. The van der Waals surface area contributed by atoms with Gasteiger partial charge in [-0.3, -0.25) is 0 Å². The Labute approximate surface area is 214 Å². The molecule has 1 atom stereocenters. The van der Waals surface area contributed by atoms with Crippen molar-refractivity contribution in [2.24, 2.45) is 4.99 Å². The molecule has 6 rings (SSSR count). The molecule has 0 N–H and O–H groups in total. The summed E-state index contributed by atoms with van der Waals surface area (Å²) in [6.45, 7) is 1.60. The number of rotatable bonds is 5. The first-order valence-corrected chi connectivity index (χ1v) is 14.5. The highest BCUT2D eigenvalue weighted by Gasteiger charge is 2.27. The van der Waals surface area contributed by atoms with E-state index in [2.05, 4.69) is 34.2 Å². The van der Waals surface area contributed by atoms with Crippen LogP contribution in [-0.4, -0.2) is 43.6 Å². The Balaban J connectivity index is 1.41. The minimum atomic E-state index is -3.54. The van der Waals surface area contributed by atoms with Crippen LogP contribution in [0.4, 0.5) is 5.69 Å². The number of nitrogens with zero attached hydrogens (tertiary/aromatic N) is 3. The maximum Gasteiger partial charge on any atom is 0.243 e. The predicted octanol–water partition coefficient (Wildman–Crippen LogP) is 4.99. The third-order valence-electron chi connectivity index (χ3n) is 6.83. The molecule has 0 bridgehead atoms. The monoisotopic (exact) mass is 521 g/mol. The van der Waals surface area contributed by atoms with E-state index in [0.717, 1.165) is 35.5 Å². The van der Waals surface area contributed by atoms with Gasteiger partial charge in [0.15, 0.2) is 10.6 Å². The van der Waals surface area contributed by atoms with E-state index in [-0.39, 0.29) is 10.9 Å². The molecule has 4 aromatic rings. The van der Waals surface area contributed by atoms with Crippen molar-refractivity contribution in [1.29, 1.82) is 0 Å². The van der Waals surface area contributed by atoms with Crippen molar-refractivity contribution in [3.05, 3.63) is 88.2 Å². The molecular weight excluding hydrogens is 494 g/mol. The highest BCUT2D eigenvalue weighted by atomic mass is 32.2. The molecule has 1 saturated heterocycles. The number of benzene rings is 2. The van der Waals surface area contributed by atoms with Gasteiger partial charge in [-0.15, -0.1) is 11.3 Å². The number of hydrogen-bond donors (Lipinski definition) is 0. The number of thiazole rings is 1. The number of fused-ring (bicyclic) bond motifs is 1. The zero-order valence-electron chi connectivity index (χ0n) is 19.7. The van der Waals surface area contributed by atoms with Gasteiger partial charge in [0.2, 0.25) is 10.0 Å². The summed E-state index contributed by atoms with van der Waals surface area (Å²) >= 11 is 1.57. The Morgan fingerprint density at radius 1 is 0.972 bits per heavy atom. The van der Waals surface area contributed by atoms with E-state index < -0.39 is 10.0 Å². The van der Waals surface area contributed by atoms with Crippen molar-refractivity contribution in [2.45, 2.75) is 30.2 Å². The molecule has 1 aliphatic heterocycles. The fourth-order valence-corrected chi connectivity index (χ4v) is 7.40. The smallest absolute Gasteiger partial charge is 0.243 e. The van der Waals surface area contributed by atoms with Crippen LogP contribution in [0.25, 0.3) is 11.5 Å². The standard InChI is InChI=1S/C27H27N3O4S2/c31-36(32,29-14-17-33-18-15-29)22-12-10-21(11-13-22)28-27-30(25(19-35-27)26-9-4-16-34-26)24-8-3-6-20-5-1-2-7-23(20)24/h1-2,4-5,7,9-13,16,19,24H,3,6,8,14-15,17-18H2. The van der Waals surface area contributed by atoms with E-state index in [1.807, 2.05) is 12.1 Å². The number of furan rings is 1. The minimum Gasteiger partial charge on any atom is -0.463 e. The van der Waals surface area contributed by atoms with Crippen LogP contribution in [0.15, 0.2) is 86.6 Å². The van der Waals surface area contributed by atoms with Gasteiger partial charge >= 0.3 is 0 Å². The van der Waals surface area contributed by atoms with Crippen LogP contribution in [-0.2, 0) is 21.2 Å². The second kappa shape index (κ2) is 9.82. The minimum absolute atomic E-state index is 0.154. The molecule has 0 amide bonds. The lowest BCUT2D eigenvalue weighted by molar-refractivity contribution is 0.0730. The third kappa shape index (κ3) is 4.37. The van der Waals surface area contributed by atoms with Crippen LogP contribution in [0.5, 0.6) is 0 Å². The topological polar surface area (TPSA) is 77.0 Å². The molecule has 2 aromatic heterocycles. The average Bonchev–Trinajstić information content (AvgIpc) is 3.59. The van der Waals surface area contributed by atoms with E-state index in [0.29, 0.717) is 32.0 Å². The molecule has 7 nitrogen and oxygen atoms in total. The molecule has 36 heavy (non-hydrogen) atoms. The van der Waals surface area contributed by atoms with Crippen LogP contribution >= 0.6 is 11.3 Å². The molecule has 0 spiro atoms. The van der Waals surface area contributed by atoms with Crippen molar-refractivity contribution in [3.8, 4) is 11.5 Å². The lowest BCUT2D eigenvalue weighted by Gasteiger charge is -2.28. The zero-order valence-corrected chi connectivity index (χ0v) is 21.4. The van der Waals surface area contributed by atoms with Crippen LogP contribution in [0.2, 0.25) is 0 Å². The lowest BCUT2D eigenvalue weighted by Crippen LogP contribution is -2.40. The summed E-state index contributed by atoms with van der Waals surface area (Å²) in [6, 6.07) is 19.5. The summed E-state index contributed by atoms with van der Waals surface area (Å²) in [5, 5.41) is 2.09. The number of hydrogen-bond acceptors (Lipinski definition) is 6. The molecule has 1 fully saturated rings. The molecule has 1 aliphatic carbocycles. The van der Waals surface area contributed by atoms with E-state index in [1.54, 1.807) is 41.9 Å². The summed E-state index contributed by atoms with van der Waals surface area (Å²) in [5.41, 5.74) is 4.41. The van der Waals surface area contributed by atoms with Gasteiger partial charge < -0.3 is 13.7 Å². The number of morpholine rings is 1. The molecule has 3 heterocycles. The Bertz CT molecular complexity index is 1510.